The quantitative estimate of drug-likeness (QED) is 0.936. The molecule has 128 valence electrons. The molecule has 0 bridgehead atoms. The van der Waals surface area contributed by atoms with Gasteiger partial charge < -0.3 is 10.0 Å². The summed E-state index contributed by atoms with van der Waals surface area (Å²) < 4.78 is 1.79. The van der Waals surface area contributed by atoms with E-state index >= 15 is 0 Å². The SMILES string of the molecule is CCc1c(C)nn(CC(=O)N2CC[C@](O)(c3ccccc3)C2)c1C. The summed E-state index contributed by atoms with van der Waals surface area (Å²) >= 11 is 0. The fourth-order valence-corrected chi connectivity index (χ4v) is 3.62. The van der Waals surface area contributed by atoms with Gasteiger partial charge in [-0.2, -0.15) is 5.10 Å². The van der Waals surface area contributed by atoms with Crippen LogP contribution in [0.15, 0.2) is 30.3 Å². The van der Waals surface area contributed by atoms with E-state index in [4.69, 9.17) is 0 Å². The van der Waals surface area contributed by atoms with Crippen LogP contribution in [-0.2, 0) is 23.4 Å². The first kappa shape index (κ1) is 16.7. The van der Waals surface area contributed by atoms with Gasteiger partial charge in [-0.15, -0.1) is 0 Å². The molecule has 0 radical (unpaired) electrons. The minimum absolute atomic E-state index is 0.00936. The van der Waals surface area contributed by atoms with Gasteiger partial charge >= 0.3 is 0 Å². The highest BCUT2D eigenvalue weighted by atomic mass is 16.3. The van der Waals surface area contributed by atoms with Crippen molar-refractivity contribution in [3.63, 3.8) is 0 Å². The Balaban J connectivity index is 1.71. The van der Waals surface area contributed by atoms with Gasteiger partial charge in [-0.25, -0.2) is 0 Å². The minimum Gasteiger partial charge on any atom is -0.383 e. The van der Waals surface area contributed by atoms with E-state index < -0.39 is 5.60 Å². The predicted molar refractivity (Wildman–Crippen MR) is 92.6 cm³/mol. The standard InChI is InChI=1S/C19H25N3O2/c1-4-17-14(2)20-22(15(17)3)12-18(23)21-11-10-19(24,13-21)16-8-6-5-7-9-16/h5-9,24H,4,10-13H2,1-3H3/t19-/m1/s1. The topological polar surface area (TPSA) is 58.4 Å². The molecule has 5 heteroatoms. The van der Waals surface area contributed by atoms with E-state index in [0.29, 0.717) is 19.5 Å². The van der Waals surface area contributed by atoms with E-state index in [1.807, 2.05) is 44.2 Å². The minimum atomic E-state index is -0.944. The number of nitrogens with zero attached hydrogens (tertiary/aromatic N) is 3. The first-order valence-electron chi connectivity index (χ1n) is 8.53. The number of carbonyl (C=O) groups is 1. The van der Waals surface area contributed by atoms with E-state index in [0.717, 1.165) is 23.4 Å². The summed E-state index contributed by atoms with van der Waals surface area (Å²) in [6.45, 7) is 7.24. The highest BCUT2D eigenvalue weighted by Crippen LogP contribution is 2.31. The van der Waals surface area contributed by atoms with Crippen molar-refractivity contribution in [2.75, 3.05) is 13.1 Å². The molecule has 1 aromatic heterocycles. The summed E-state index contributed by atoms with van der Waals surface area (Å²) in [4.78, 5) is 14.4. The van der Waals surface area contributed by atoms with Crippen LogP contribution in [0.3, 0.4) is 0 Å². The van der Waals surface area contributed by atoms with Crippen molar-refractivity contribution in [2.24, 2.45) is 0 Å². The molecule has 24 heavy (non-hydrogen) atoms. The number of aliphatic hydroxyl groups is 1. The predicted octanol–water partition coefficient (Wildman–Crippen LogP) is 2.18. The van der Waals surface area contributed by atoms with Crippen LogP contribution < -0.4 is 0 Å². The largest absolute Gasteiger partial charge is 0.383 e. The molecular weight excluding hydrogens is 302 g/mol. The number of amides is 1. The van der Waals surface area contributed by atoms with E-state index in [1.165, 1.54) is 5.56 Å². The van der Waals surface area contributed by atoms with E-state index in [-0.39, 0.29) is 12.5 Å². The van der Waals surface area contributed by atoms with Gasteiger partial charge in [0.15, 0.2) is 0 Å². The molecule has 0 aliphatic carbocycles. The van der Waals surface area contributed by atoms with Crippen molar-refractivity contribution in [1.82, 2.24) is 14.7 Å². The van der Waals surface area contributed by atoms with Crippen LogP contribution in [0.4, 0.5) is 0 Å². The van der Waals surface area contributed by atoms with E-state index in [1.54, 1.807) is 9.58 Å². The van der Waals surface area contributed by atoms with Crippen LogP contribution in [0.5, 0.6) is 0 Å². The lowest BCUT2D eigenvalue weighted by atomic mass is 9.93. The zero-order valence-corrected chi connectivity index (χ0v) is 14.6. The monoisotopic (exact) mass is 327 g/mol. The second kappa shape index (κ2) is 6.40. The van der Waals surface area contributed by atoms with Crippen LogP contribution in [0.2, 0.25) is 0 Å². The average molecular weight is 327 g/mol. The van der Waals surface area contributed by atoms with Gasteiger partial charge in [0, 0.05) is 12.2 Å². The Labute approximate surface area is 142 Å². The van der Waals surface area contributed by atoms with Crippen LogP contribution in [0, 0.1) is 13.8 Å². The molecule has 1 amide bonds. The number of rotatable bonds is 4. The van der Waals surface area contributed by atoms with Gasteiger partial charge in [0.1, 0.15) is 12.1 Å². The van der Waals surface area contributed by atoms with Crippen LogP contribution >= 0.6 is 0 Å². The number of benzene rings is 1. The molecule has 1 aliphatic rings. The molecule has 1 aromatic carbocycles. The normalized spacial score (nSPS) is 20.6. The lowest BCUT2D eigenvalue weighted by Crippen LogP contribution is -2.36. The summed E-state index contributed by atoms with van der Waals surface area (Å²) in [5.41, 5.74) is 3.19. The molecule has 1 atom stereocenters. The Morgan fingerprint density at radius 3 is 2.62 bits per heavy atom. The van der Waals surface area contributed by atoms with Crippen molar-refractivity contribution < 1.29 is 9.90 Å². The van der Waals surface area contributed by atoms with Crippen molar-refractivity contribution in [3.05, 3.63) is 52.8 Å². The molecule has 1 aliphatic heterocycles. The van der Waals surface area contributed by atoms with Crippen LogP contribution in [0.1, 0.15) is 35.9 Å². The van der Waals surface area contributed by atoms with Crippen LogP contribution in [-0.4, -0.2) is 38.8 Å². The van der Waals surface area contributed by atoms with Crippen molar-refractivity contribution in [2.45, 2.75) is 45.8 Å². The van der Waals surface area contributed by atoms with Gasteiger partial charge in [-0.05, 0) is 37.8 Å². The maximum atomic E-state index is 12.6. The maximum Gasteiger partial charge on any atom is 0.244 e. The molecule has 1 N–H and O–H groups in total. The summed E-state index contributed by atoms with van der Waals surface area (Å²) in [5, 5.41) is 15.4. The lowest BCUT2D eigenvalue weighted by Gasteiger charge is -2.24. The molecule has 5 nitrogen and oxygen atoms in total. The zero-order valence-electron chi connectivity index (χ0n) is 14.6. The Kier molecular flexibility index (Phi) is 4.45. The first-order chi connectivity index (χ1) is 11.4. The van der Waals surface area contributed by atoms with Gasteiger partial charge in [-0.1, -0.05) is 37.3 Å². The smallest absolute Gasteiger partial charge is 0.244 e. The Morgan fingerprint density at radius 2 is 2.00 bits per heavy atom. The fourth-order valence-electron chi connectivity index (χ4n) is 3.62. The third-order valence-electron chi connectivity index (χ3n) is 5.08. The highest BCUT2D eigenvalue weighted by molar-refractivity contribution is 5.76. The molecule has 0 saturated carbocycles. The molecule has 2 aromatic rings. The fraction of sp³-hybridized carbons (Fsp3) is 0.474. The number of carbonyl (C=O) groups excluding carboxylic acids is 1. The summed E-state index contributed by atoms with van der Waals surface area (Å²) in [7, 11) is 0. The summed E-state index contributed by atoms with van der Waals surface area (Å²) in [6, 6.07) is 9.60. The number of aromatic nitrogens is 2. The number of β-amino-alcohol motifs (C(OH)–C–C–N with tert-alkyl or cyclic N) is 1. The Hall–Kier alpha value is -2.14. The maximum absolute atomic E-state index is 12.6. The Morgan fingerprint density at radius 1 is 1.29 bits per heavy atom. The number of hydrogen-bond acceptors (Lipinski definition) is 3. The number of aryl methyl sites for hydroxylation is 1. The second-order valence-corrected chi connectivity index (χ2v) is 6.62. The lowest BCUT2D eigenvalue weighted by molar-refractivity contribution is -0.132. The van der Waals surface area contributed by atoms with Gasteiger partial charge in [0.25, 0.3) is 0 Å². The first-order valence-corrected chi connectivity index (χ1v) is 8.53. The van der Waals surface area contributed by atoms with Crippen molar-refractivity contribution in [3.8, 4) is 0 Å². The molecule has 3 rings (SSSR count). The van der Waals surface area contributed by atoms with Crippen LogP contribution in [0.25, 0.3) is 0 Å². The Bertz CT molecular complexity index is 739. The van der Waals surface area contributed by atoms with Gasteiger partial charge in [0.05, 0.1) is 12.2 Å². The summed E-state index contributed by atoms with van der Waals surface area (Å²) in [5.74, 6) is 0.00936. The van der Waals surface area contributed by atoms with E-state index in [9.17, 15) is 9.90 Å². The third-order valence-corrected chi connectivity index (χ3v) is 5.08. The zero-order chi connectivity index (χ0) is 17.3. The van der Waals surface area contributed by atoms with Gasteiger partial charge in [0.2, 0.25) is 5.91 Å². The average Bonchev–Trinajstić information content (AvgIpc) is 3.10. The molecule has 0 unspecified atom stereocenters. The molecular formula is C19H25N3O2. The molecule has 0 spiro atoms. The van der Waals surface area contributed by atoms with Crippen molar-refractivity contribution in [1.29, 1.82) is 0 Å². The molecule has 1 saturated heterocycles. The molecule has 2 heterocycles. The second-order valence-electron chi connectivity index (χ2n) is 6.62. The highest BCUT2D eigenvalue weighted by Gasteiger charge is 2.39. The number of hydrogen-bond donors (Lipinski definition) is 1. The number of likely N-dealkylation sites (tertiary alicyclic amines) is 1. The van der Waals surface area contributed by atoms with Gasteiger partial charge in [-0.3, -0.25) is 9.48 Å². The van der Waals surface area contributed by atoms with Crippen molar-refractivity contribution >= 4 is 5.91 Å². The summed E-state index contributed by atoms with van der Waals surface area (Å²) in [6.07, 6.45) is 1.49. The third kappa shape index (κ3) is 2.96. The van der Waals surface area contributed by atoms with E-state index in [2.05, 4.69) is 12.0 Å². The molecule has 1 fully saturated rings.